The third-order valence-corrected chi connectivity index (χ3v) is 2.30. The Hall–Kier alpha value is -1.90. The fourth-order valence-corrected chi connectivity index (χ4v) is 1.43. The molecule has 0 fully saturated rings. The lowest BCUT2D eigenvalue weighted by atomic mass is 10.4. The van der Waals surface area contributed by atoms with Gasteiger partial charge in [0.05, 0.1) is 7.11 Å². The predicted molar refractivity (Wildman–Crippen MR) is 57.1 cm³/mol. The summed E-state index contributed by atoms with van der Waals surface area (Å²) in [5.41, 5.74) is 0.640. The van der Waals surface area contributed by atoms with E-state index >= 15 is 0 Å². The number of fused-ring (bicyclic) bond motifs is 1. The summed E-state index contributed by atoms with van der Waals surface area (Å²) >= 11 is 3.13. The van der Waals surface area contributed by atoms with Crippen LogP contribution in [-0.2, 0) is 4.74 Å². The molecule has 0 atom stereocenters. The number of aromatic amines is 1. The van der Waals surface area contributed by atoms with E-state index in [2.05, 4.69) is 46.1 Å². The van der Waals surface area contributed by atoms with Gasteiger partial charge in [-0.15, -0.1) is 0 Å². The first-order valence-corrected chi connectivity index (χ1v) is 4.86. The molecule has 0 aliphatic carbocycles. The number of hydrogen-bond donors (Lipinski definition) is 3. The summed E-state index contributed by atoms with van der Waals surface area (Å²) in [6, 6.07) is 0. The molecule has 1 amide bonds. The molecule has 0 aliphatic rings. The van der Waals surface area contributed by atoms with Crippen LogP contribution in [0, 0.1) is 0 Å². The summed E-state index contributed by atoms with van der Waals surface area (Å²) < 4.78 is 4.78. The number of aromatic nitrogens is 4. The number of halogens is 1. The first kappa shape index (κ1) is 10.6. The zero-order valence-electron chi connectivity index (χ0n) is 7.98. The van der Waals surface area contributed by atoms with Crippen molar-refractivity contribution in [3.05, 3.63) is 4.60 Å². The molecule has 0 spiro atoms. The van der Waals surface area contributed by atoms with Gasteiger partial charge in [0.15, 0.2) is 4.60 Å². The summed E-state index contributed by atoms with van der Waals surface area (Å²) in [7, 11) is 1.21. The van der Waals surface area contributed by atoms with Gasteiger partial charge in [0.1, 0.15) is 11.0 Å². The summed E-state index contributed by atoms with van der Waals surface area (Å²) in [4.78, 5) is 18.5. The van der Waals surface area contributed by atoms with Crippen LogP contribution in [0.4, 0.5) is 10.7 Å². The Balaban J connectivity index is 2.48. The second-order valence-corrected chi connectivity index (χ2v) is 3.48. The zero-order valence-corrected chi connectivity index (χ0v) is 9.57. The van der Waals surface area contributed by atoms with Crippen LogP contribution in [-0.4, -0.2) is 38.5 Å². The number of aromatic hydroxyl groups is 1. The van der Waals surface area contributed by atoms with E-state index in [1.807, 2.05) is 0 Å². The van der Waals surface area contributed by atoms with Crippen molar-refractivity contribution in [2.75, 3.05) is 12.4 Å². The molecule has 16 heavy (non-hydrogen) atoms. The molecule has 0 bridgehead atoms. The van der Waals surface area contributed by atoms with Gasteiger partial charge >= 0.3 is 6.09 Å². The van der Waals surface area contributed by atoms with Crippen molar-refractivity contribution in [2.45, 2.75) is 0 Å². The van der Waals surface area contributed by atoms with Crippen molar-refractivity contribution >= 4 is 39.0 Å². The van der Waals surface area contributed by atoms with Gasteiger partial charge in [0, 0.05) is 0 Å². The zero-order chi connectivity index (χ0) is 11.7. The third-order valence-electron chi connectivity index (χ3n) is 1.75. The molecular weight excluding hydrogens is 282 g/mol. The second kappa shape index (κ2) is 3.93. The van der Waals surface area contributed by atoms with Gasteiger partial charge in [-0.2, -0.15) is 10.1 Å². The Kier molecular flexibility index (Phi) is 2.60. The average molecular weight is 288 g/mol. The van der Waals surface area contributed by atoms with Crippen molar-refractivity contribution in [1.29, 1.82) is 0 Å². The van der Waals surface area contributed by atoms with E-state index in [1.165, 1.54) is 7.11 Å². The molecule has 84 valence electrons. The number of methoxy groups -OCH3 is 1. The number of nitrogens with zero attached hydrogens (tertiary/aromatic N) is 3. The highest BCUT2D eigenvalue weighted by molar-refractivity contribution is 9.10. The van der Waals surface area contributed by atoms with E-state index < -0.39 is 6.09 Å². The molecule has 0 aromatic carbocycles. The number of carbonyl (C=O) groups excluding carboxylic acids is 1. The number of ether oxygens (including phenoxy) is 1. The minimum Gasteiger partial charge on any atom is -0.492 e. The van der Waals surface area contributed by atoms with Crippen LogP contribution >= 0.6 is 15.9 Å². The number of amides is 1. The molecule has 2 aromatic rings. The molecule has 2 aromatic heterocycles. The highest BCUT2D eigenvalue weighted by Gasteiger charge is 2.13. The molecule has 8 nitrogen and oxygen atoms in total. The topological polar surface area (TPSA) is 113 Å². The molecule has 0 saturated heterocycles. The van der Waals surface area contributed by atoms with Crippen LogP contribution < -0.4 is 5.32 Å². The van der Waals surface area contributed by atoms with Crippen LogP contribution in [0.3, 0.4) is 0 Å². The quantitative estimate of drug-likeness (QED) is 0.721. The van der Waals surface area contributed by atoms with E-state index in [0.717, 1.165) is 0 Å². The smallest absolute Gasteiger partial charge is 0.413 e. The maximum atomic E-state index is 10.9. The van der Waals surface area contributed by atoms with Crippen molar-refractivity contribution in [3.8, 4) is 5.88 Å². The lowest BCUT2D eigenvalue weighted by molar-refractivity contribution is 0.186. The van der Waals surface area contributed by atoms with Crippen LogP contribution in [0.1, 0.15) is 0 Å². The van der Waals surface area contributed by atoms with Gasteiger partial charge in [-0.1, -0.05) is 0 Å². The Morgan fingerprint density at radius 2 is 2.31 bits per heavy atom. The first-order valence-electron chi connectivity index (χ1n) is 4.07. The number of nitrogens with one attached hydrogen (secondary N) is 2. The van der Waals surface area contributed by atoms with Gasteiger partial charge in [-0.25, -0.2) is 9.78 Å². The summed E-state index contributed by atoms with van der Waals surface area (Å²) in [6.07, 6.45) is -0.724. The number of anilines is 1. The van der Waals surface area contributed by atoms with E-state index in [1.54, 1.807) is 0 Å². The van der Waals surface area contributed by atoms with Gasteiger partial charge in [0.2, 0.25) is 11.8 Å². The molecule has 9 heteroatoms. The molecule has 0 saturated carbocycles. The maximum absolute atomic E-state index is 10.9. The van der Waals surface area contributed by atoms with Crippen LogP contribution in [0.5, 0.6) is 5.88 Å². The van der Waals surface area contributed by atoms with Gasteiger partial charge in [-0.3, -0.25) is 10.4 Å². The Morgan fingerprint density at radius 1 is 1.56 bits per heavy atom. The summed E-state index contributed by atoms with van der Waals surface area (Å²) in [5.74, 6) is -0.381. The molecule has 2 rings (SSSR count). The minimum atomic E-state index is -0.724. The lowest BCUT2D eigenvalue weighted by Gasteiger charge is -2.02. The summed E-state index contributed by atoms with van der Waals surface area (Å²) in [6.45, 7) is 0. The van der Waals surface area contributed by atoms with Gasteiger partial charge in [-0.05, 0) is 15.9 Å². The molecule has 0 radical (unpaired) electrons. The highest BCUT2D eigenvalue weighted by atomic mass is 79.9. The van der Waals surface area contributed by atoms with Crippen molar-refractivity contribution in [1.82, 2.24) is 20.2 Å². The Bertz CT molecular complexity index is 554. The lowest BCUT2D eigenvalue weighted by Crippen LogP contribution is -2.13. The predicted octanol–water partition coefficient (Wildman–Crippen LogP) is 0.999. The molecule has 0 aliphatic heterocycles. The van der Waals surface area contributed by atoms with Crippen molar-refractivity contribution in [3.63, 3.8) is 0 Å². The van der Waals surface area contributed by atoms with Crippen molar-refractivity contribution in [2.24, 2.45) is 0 Å². The van der Waals surface area contributed by atoms with E-state index in [0.29, 0.717) is 10.1 Å². The number of carbonyl (C=O) groups is 1. The number of rotatable bonds is 1. The largest absolute Gasteiger partial charge is 0.492 e. The molecule has 2 heterocycles. The number of hydrogen-bond acceptors (Lipinski definition) is 6. The highest BCUT2D eigenvalue weighted by Crippen LogP contribution is 2.25. The molecule has 0 unspecified atom stereocenters. The summed E-state index contributed by atoms with van der Waals surface area (Å²) in [5, 5.41) is 18.1. The number of H-pyrrole nitrogens is 1. The molecule has 3 N–H and O–H groups in total. The van der Waals surface area contributed by atoms with E-state index in [-0.39, 0.29) is 17.3 Å². The molecular formula is C7H6BrN5O3. The average Bonchev–Trinajstić information content (AvgIpc) is 2.61. The fourth-order valence-electron chi connectivity index (χ4n) is 1.06. The monoisotopic (exact) mass is 287 g/mol. The van der Waals surface area contributed by atoms with Crippen molar-refractivity contribution < 1.29 is 14.6 Å². The van der Waals surface area contributed by atoms with E-state index in [9.17, 15) is 9.90 Å². The van der Waals surface area contributed by atoms with Crippen LogP contribution in [0.25, 0.3) is 11.0 Å². The fraction of sp³-hybridized carbons (Fsp3) is 0.143. The standard InChI is InChI=1S/C7H6BrN5O3/c1-16-7(15)11-6-9-2-3(5(14)10-6)12-13-4(2)8/h1H3,(H,12,13)(H2,9,10,11,14,15). The normalized spacial score (nSPS) is 10.4. The van der Waals surface area contributed by atoms with Crippen LogP contribution in [0.15, 0.2) is 4.60 Å². The third kappa shape index (κ3) is 1.76. The SMILES string of the molecule is COC(=O)Nc1nc(O)c2[nH]nc(Br)c2n1. The maximum Gasteiger partial charge on any atom is 0.413 e. The van der Waals surface area contributed by atoms with Gasteiger partial charge in [0.25, 0.3) is 0 Å². The first-order chi connectivity index (χ1) is 7.61. The Labute approximate surface area is 97.2 Å². The minimum absolute atomic E-state index is 0.0704. The van der Waals surface area contributed by atoms with Gasteiger partial charge < -0.3 is 9.84 Å². The van der Waals surface area contributed by atoms with E-state index in [4.69, 9.17) is 0 Å². The Morgan fingerprint density at radius 3 is 3.00 bits per heavy atom. The van der Waals surface area contributed by atoms with Crippen LogP contribution in [0.2, 0.25) is 0 Å². The second-order valence-electron chi connectivity index (χ2n) is 2.73.